The highest BCUT2D eigenvalue weighted by atomic mass is 35.5. The zero-order chi connectivity index (χ0) is 14.2. The van der Waals surface area contributed by atoms with Crippen LogP contribution in [0, 0.1) is 12.7 Å². The number of hydrogen-bond donors (Lipinski definition) is 0. The first-order valence-electron chi connectivity index (χ1n) is 5.15. The van der Waals surface area contributed by atoms with Crippen molar-refractivity contribution in [1.29, 1.82) is 0 Å². The van der Waals surface area contributed by atoms with Crippen LogP contribution >= 0.6 is 11.6 Å². The molecule has 1 heterocycles. The van der Waals surface area contributed by atoms with E-state index < -0.39 is 17.6 Å². The van der Waals surface area contributed by atoms with E-state index >= 15 is 0 Å². The van der Waals surface area contributed by atoms with Gasteiger partial charge in [-0.25, -0.2) is 14.4 Å². The van der Waals surface area contributed by atoms with Gasteiger partial charge in [0.15, 0.2) is 0 Å². The van der Waals surface area contributed by atoms with Crippen LogP contribution in [0.5, 0.6) is 0 Å². The van der Waals surface area contributed by atoms with E-state index in [1.54, 1.807) is 6.92 Å². The SMILES string of the molecule is Cc1nc(Cl)cc(-c2ccc(C(F)(F)F)c(F)c2)n1. The molecule has 0 saturated heterocycles. The van der Waals surface area contributed by atoms with Crippen LogP contribution in [0.1, 0.15) is 11.4 Å². The van der Waals surface area contributed by atoms with Crippen LogP contribution in [0.25, 0.3) is 11.3 Å². The molecule has 1 aromatic heterocycles. The molecule has 0 aliphatic heterocycles. The lowest BCUT2D eigenvalue weighted by Crippen LogP contribution is -2.08. The maximum absolute atomic E-state index is 13.4. The molecule has 2 aromatic rings. The van der Waals surface area contributed by atoms with Gasteiger partial charge < -0.3 is 0 Å². The molecule has 0 radical (unpaired) electrons. The fraction of sp³-hybridized carbons (Fsp3) is 0.167. The zero-order valence-corrected chi connectivity index (χ0v) is 10.3. The predicted molar refractivity (Wildman–Crippen MR) is 62.2 cm³/mol. The van der Waals surface area contributed by atoms with Gasteiger partial charge in [0.2, 0.25) is 0 Å². The minimum absolute atomic E-state index is 0.141. The first-order valence-corrected chi connectivity index (χ1v) is 5.53. The lowest BCUT2D eigenvalue weighted by atomic mass is 10.1. The van der Waals surface area contributed by atoms with E-state index in [4.69, 9.17) is 11.6 Å². The Morgan fingerprint density at radius 1 is 1.11 bits per heavy atom. The van der Waals surface area contributed by atoms with Gasteiger partial charge in [-0.15, -0.1) is 0 Å². The standard InChI is InChI=1S/C12H7ClF4N2/c1-6-18-10(5-11(13)19-6)7-2-3-8(9(14)4-7)12(15,16)17/h2-5H,1H3. The van der Waals surface area contributed by atoms with Crippen molar-refractivity contribution in [3.8, 4) is 11.3 Å². The van der Waals surface area contributed by atoms with Gasteiger partial charge in [0.05, 0.1) is 11.3 Å². The van der Waals surface area contributed by atoms with E-state index in [2.05, 4.69) is 9.97 Å². The molecular formula is C12H7ClF4N2. The fourth-order valence-corrected chi connectivity index (χ4v) is 1.81. The van der Waals surface area contributed by atoms with Crippen molar-refractivity contribution < 1.29 is 17.6 Å². The monoisotopic (exact) mass is 290 g/mol. The van der Waals surface area contributed by atoms with E-state index in [0.717, 1.165) is 12.1 Å². The zero-order valence-electron chi connectivity index (χ0n) is 9.59. The Morgan fingerprint density at radius 2 is 1.79 bits per heavy atom. The number of rotatable bonds is 1. The molecule has 0 spiro atoms. The van der Waals surface area contributed by atoms with Crippen LogP contribution in [-0.4, -0.2) is 9.97 Å². The van der Waals surface area contributed by atoms with Crippen molar-refractivity contribution >= 4 is 11.6 Å². The predicted octanol–water partition coefficient (Wildman–Crippen LogP) is 4.26. The third-order valence-electron chi connectivity index (χ3n) is 2.38. The molecule has 0 atom stereocenters. The van der Waals surface area contributed by atoms with Gasteiger partial charge in [0.25, 0.3) is 0 Å². The lowest BCUT2D eigenvalue weighted by molar-refractivity contribution is -0.139. The van der Waals surface area contributed by atoms with Crippen LogP contribution < -0.4 is 0 Å². The summed E-state index contributed by atoms with van der Waals surface area (Å²) in [6.07, 6.45) is -4.72. The summed E-state index contributed by atoms with van der Waals surface area (Å²) in [4.78, 5) is 7.81. The molecule has 0 saturated carbocycles. The van der Waals surface area contributed by atoms with Gasteiger partial charge >= 0.3 is 6.18 Å². The molecule has 7 heteroatoms. The van der Waals surface area contributed by atoms with Crippen molar-refractivity contribution in [2.75, 3.05) is 0 Å². The molecule has 0 fully saturated rings. The number of alkyl halides is 3. The van der Waals surface area contributed by atoms with Gasteiger partial charge in [0.1, 0.15) is 16.8 Å². The Hall–Kier alpha value is -1.69. The minimum Gasteiger partial charge on any atom is -0.233 e. The number of halogens is 5. The van der Waals surface area contributed by atoms with Crippen molar-refractivity contribution in [1.82, 2.24) is 9.97 Å². The van der Waals surface area contributed by atoms with E-state index in [-0.39, 0.29) is 16.4 Å². The molecule has 100 valence electrons. The fourth-order valence-electron chi connectivity index (χ4n) is 1.58. The van der Waals surface area contributed by atoms with Crippen LogP contribution in [0.15, 0.2) is 24.3 Å². The summed E-state index contributed by atoms with van der Waals surface area (Å²) in [6, 6.07) is 3.96. The van der Waals surface area contributed by atoms with Crippen LogP contribution in [0.3, 0.4) is 0 Å². The largest absolute Gasteiger partial charge is 0.419 e. The second-order valence-electron chi connectivity index (χ2n) is 3.82. The van der Waals surface area contributed by atoms with Crippen molar-refractivity contribution in [3.63, 3.8) is 0 Å². The third kappa shape index (κ3) is 3.01. The quantitative estimate of drug-likeness (QED) is 0.579. The average Bonchev–Trinajstić information content (AvgIpc) is 2.25. The molecular weight excluding hydrogens is 284 g/mol. The molecule has 19 heavy (non-hydrogen) atoms. The summed E-state index contributed by atoms with van der Waals surface area (Å²) in [6.45, 7) is 1.58. The number of aryl methyl sites for hydroxylation is 1. The highest BCUT2D eigenvalue weighted by Crippen LogP contribution is 2.33. The van der Waals surface area contributed by atoms with Crippen molar-refractivity contribution in [3.05, 3.63) is 46.6 Å². The first kappa shape index (κ1) is 13.7. The van der Waals surface area contributed by atoms with Crippen LogP contribution in [0.2, 0.25) is 5.15 Å². The normalized spacial score (nSPS) is 11.7. The highest BCUT2D eigenvalue weighted by Gasteiger charge is 2.34. The average molecular weight is 291 g/mol. The molecule has 2 rings (SSSR count). The second kappa shape index (κ2) is 4.77. The molecule has 0 aliphatic rings. The summed E-state index contributed by atoms with van der Waals surface area (Å²) < 4.78 is 50.7. The minimum atomic E-state index is -4.72. The third-order valence-corrected chi connectivity index (χ3v) is 2.57. The molecule has 0 amide bonds. The van der Waals surface area contributed by atoms with Gasteiger partial charge in [-0.05, 0) is 19.1 Å². The Bertz CT molecular complexity index is 605. The summed E-state index contributed by atoms with van der Waals surface area (Å²) in [5.41, 5.74) is -0.837. The summed E-state index contributed by atoms with van der Waals surface area (Å²) >= 11 is 5.72. The van der Waals surface area contributed by atoms with Gasteiger partial charge in [-0.3, -0.25) is 0 Å². The summed E-state index contributed by atoms with van der Waals surface area (Å²) in [5, 5.41) is 0.141. The maximum atomic E-state index is 13.4. The smallest absolute Gasteiger partial charge is 0.233 e. The Labute approximate surface area is 111 Å². The topological polar surface area (TPSA) is 25.8 Å². The van der Waals surface area contributed by atoms with E-state index in [9.17, 15) is 17.6 Å². The lowest BCUT2D eigenvalue weighted by Gasteiger charge is -2.09. The molecule has 0 N–H and O–H groups in total. The molecule has 1 aromatic carbocycles. The van der Waals surface area contributed by atoms with Gasteiger partial charge in [-0.2, -0.15) is 13.2 Å². The Balaban J connectivity index is 2.50. The van der Waals surface area contributed by atoms with Crippen LogP contribution in [-0.2, 0) is 6.18 Å². The Kier molecular flexibility index (Phi) is 3.45. The van der Waals surface area contributed by atoms with E-state index in [1.807, 2.05) is 0 Å². The van der Waals surface area contributed by atoms with Crippen LogP contribution in [0.4, 0.5) is 17.6 Å². The van der Waals surface area contributed by atoms with Crippen molar-refractivity contribution in [2.45, 2.75) is 13.1 Å². The van der Waals surface area contributed by atoms with Gasteiger partial charge in [-0.1, -0.05) is 17.7 Å². The highest BCUT2D eigenvalue weighted by molar-refractivity contribution is 6.29. The van der Waals surface area contributed by atoms with Crippen molar-refractivity contribution in [2.24, 2.45) is 0 Å². The Morgan fingerprint density at radius 3 is 2.32 bits per heavy atom. The molecule has 0 bridgehead atoms. The van der Waals surface area contributed by atoms with E-state index in [1.165, 1.54) is 6.07 Å². The summed E-state index contributed by atoms with van der Waals surface area (Å²) in [5.74, 6) is -1.000. The number of benzene rings is 1. The maximum Gasteiger partial charge on any atom is 0.419 e. The molecule has 0 unspecified atom stereocenters. The molecule has 0 aliphatic carbocycles. The van der Waals surface area contributed by atoms with Gasteiger partial charge in [0, 0.05) is 11.6 Å². The van der Waals surface area contributed by atoms with E-state index in [0.29, 0.717) is 11.9 Å². The number of aromatic nitrogens is 2. The second-order valence-corrected chi connectivity index (χ2v) is 4.20. The first-order chi connectivity index (χ1) is 8.77. The molecule has 2 nitrogen and oxygen atoms in total. The number of nitrogens with zero attached hydrogens (tertiary/aromatic N) is 2. The summed E-state index contributed by atoms with van der Waals surface area (Å²) in [7, 11) is 0. The number of hydrogen-bond acceptors (Lipinski definition) is 2.